The van der Waals surface area contributed by atoms with Crippen LogP contribution in [-0.4, -0.2) is 22.8 Å². The number of hydrogen-bond acceptors (Lipinski definition) is 4. The van der Waals surface area contributed by atoms with E-state index in [1.54, 1.807) is 24.3 Å². The van der Waals surface area contributed by atoms with Gasteiger partial charge in [-0.05, 0) is 43.2 Å². The first kappa shape index (κ1) is 14.8. The van der Waals surface area contributed by atoms with E-state index in [0.717, 1.165) is 19.3 Å². The number of fused-ring (bicyclic) bond motifs is 1. The second-order valence-corrected chi connectivity index (χ2v) is 6.47. The molecule has 0 N–H and O–H groups in total. The molecule has 1 aromatic carbocycles. The van der Waals surface area contributed by atoms with Crippen LogP contribution in [0.4, 0.5) is 0 Å². The van der Waals surface area contributed by atoms with Crippen LogP contribution in [0.5, 0.6) is 0 Å². The smallest absolute Gasteiger partial charge is 0.329 e. The molecule has 1 saturated carbocycles. The average Bonchev–Trinajstić information content (AvgIpc) is 2.72. The van der Waals surface area contributed by atoms with Crippen molar-refractivity contribution >= 4 is 17.8 Å². The lowest BCUT2D eigenvalue weighted by Gasteiger charge is -2.30. The molecule has 1 unspecified atom stereocenters. The molecular weight excluding hydrogens is 282 g/mol. The Balaban J connectivity index is 1.73. The van der Waals surface area contributed by atoms with Gasteiger partial charge in [0.15, 0.2) is 0 Å². The Bertz CT molecular complexity index is 594. The van der Waals surface area contributed by atoms with Gasteiger partial charge in [0, 0.05) is 0 Å². The third-order valence-electron chi connectivity index (χ3n) is 4.45. The molecule has 3 rings (SSSR count). The van der Waals surface area contributed by atoms with Crippen molar-refractivity contribution in [3.8, 4) is 0 Å². The summed E-state index contributed by atoms with van der Waals surface area (Å²) in [4.78, 5) is 41.8. The normalized spacial score (nSPS) is 27.7. The summed E-state index contributed by atoms with van der Waals surface area (Å²) in [5.41, 5.74) is 0.566. The molecule has 2 amide bonds. The Morgan fingerprint density at radius 1 is 1.00 bits per heavy atom. The molecule has 0 spiro atoms. The summed E-state index contributed by atoms with van der Waals surface area (Å²) in [6.07, 6.45) is 2.58. The van der Waals surface area contributed by atoms with E-state index in [-0.39, 0.29) is 17.0 Å². The van der Waals surface area contributed by atoms with E-state index in [1.807, 2.05) is 0 Å². The number of hydrogen-bond donors (Lipinski definition) is 0. The Morgan fingerprint density at radius 2 is 1.50 bits per heavy atom. The van der Waals surface area contributed by atoms with E-state index in [2.05, 4.69) is 13.8 Å². The molecule has 0 aromatic heterocycles. The monoisotopic (exact) mass is 301 g/mol. The molecule has 22 heavy (non-hydrogen) atoms. The van der Waals surface area contributed by atoms with E-state index in [0.29, 0.717) is 16.9 Å². The van der Waals surface area contributed by atoms with Crippen LogP contribution in [0.15, 0.2) is 24.3 Å². The minimum Gasteiger partial charge on any atom is -0.329 e. The molecule has 1 aliphatic heterocycles. The van der Waals surface area contributed by atoms with Crippen LogP contribution in [-0.2, 0) is 9.63 Å². The zero-order valence-corrected chi connectivity index (χ0v) is 12.7. The number of hydroxylamine groups is 2. The van der Waals surface area contributed by atoms with E-state index in [1.165, 1.54) is 0 Å². The van der Waals surface area contributed by atoms with Crippen LogP contribution in [0.25, 0.3) is 0 Å². The van der Waals surface area contributed by atoms with Crippen molar-refractivity contribution in [2.75, 3.05) is 0 Å². The van der Waals surface area contributed by atoms with Crippen LogP contribution < -0.4 is 0 Å². The van der Waals surface area contributed by atoms with Crippen molar-refractivity contribution in [1.82, 2.24) is 5.06 Å². The number of rotatable bonds is 2. The van der Waals surface area contributed by atoms with E-state index in [9.17, 15) is 14.4 Å². The van der Waals surface area contributed by atoms with Crippen LogP contribution in [0.2, 0.25) is 0 Å². The second-order valence-electron chi connectivity index (χ2n) is 6.47. The lowest BCUT2D eigenvalue weighted by molar-refractivity contribution is -0.176. The highest BCUT2D eigenvalue weighted by Crippen LogP contribution is 2.34. The minimum atomic E-state index is -0.564. The van der Waals surface area contributed by atoms with Gasteiger partial charge in [-0.15, -0.1) is 0 Å². The summed E-state index contributed by atoms with van der Waals surface area (Å²) in [5, 5.41) is 0.608. The van der Waals surface area contributed by atoms with Gasteiger partial charge >= 0.3 is 5.97 Å². The standard InChI is InChI=1S/C17H19NO4/c1-10-7-11(2)9-12(8-10)17(21)22-18-15(19)13-5-3-4-6-14(13)16(18)20/h3-6,10-12H,7-9H2,1-2H3/t10-,11+,12?. The Morgan fingerprint density at radius 3 is 2.00 bits per heavy atom. The van der Waals surface area contributed by atoms with Crippen LogP contribution in [0.3, 0.4) is 0 Å². The highest BCUT2D eigenvalue weighted by molar-refractivity contribution is 6.20. The zero-order valence-electron chi connectivity index (χ0n) is 12.7. The fraction of sp³-hybridized carbons (Fsp3) is 0.471. The summed E-state index contributed by atoms with van der Waals surface area (Å²) in [7, 11) is 0. The Labute approximate surface area is 129 Å². The van der Waals surface area contributed by atoms with Crippen LogP contribution in [0, 0.1) is 17.8 Å². The van der Waals surface area contributed by atoms with Gasteiger partial charge < -0.3 is 4.84 Å². The molecule has 5 nitrogen and oxygen atoms in total. The number of amides is 2. The minimum absolute atomic E-state index is 0.247. The first-order valence-electron chi connectivity index (χ1n) is 7.67. The summed E-state index contributed by atoms with van der Waals surface area (Å²) in [6, 6.07) is 6.49. The van der Waals surface area contributed by atoms with Crippen molar-refractivity contribution in [1.29, 1.82) is 0 Å². The zero-order chi connectivity index (χ0) is 15.9. The molecule has 0 bridgehead atoms. The maximum Gasteiger partial charge on any atom is 0.336 e. The van der Waals surface area contributed by atoms with Crippen molar-refractivity contribution in [2.45, 2.75) is 33.1 Å². The molecule has 0 radical (unpaired) electrons. The molecule has 1 aromatic rings. The quantitative estimate of drug-likeness (QED) is 0.788. The number of carbonyl (C=O) groups is 3. The van der Waals surface area contributed by atoms with Gasteiger partial charge in [0.05, 0.1) is 17.0 Å². The van der Waals surface area contributed by atoms with Crippen LogP contribution in [0.1, 0.15) is 53.8 Å². The lowest BCUT2D eigenvalue weighted by Crippen LogP contribution is -2.37. The van der Waals surface area contributed by atoms with Gasteiger partial charge in [-0.1, -0.05) is 31.0 Å². The maximum absolute atomic E-state index is 12.3. The van der Waals surface area contributed by atoms with Gasteiger partial charge in [-0.2, -0.15) is 0 Å². The first-order chi connectivity index (χ1) is 10.5. The van der Waals surface area contributed by atoms with E-state index < -0.39 is 17.8 Å². The van der Waals surface area contributed by atoms with Crippen molar-refractivity contribution in [2.24, 2.45) is 17.8 Å². The Hall–Kier alpha value is -2.17. The highest BCUT2D eigenvalue weighted by atomic mass is 16.7. The predicted octanol–water partition coefficient (Wildman–Crippen LogP) is 2.81. The van der Waals surface area contributed by atoms with Gasteiger partial charge in [-0.25, -0.2) is 4.79 Å². The topological polar surface area (TPSA) is 63.7 Å². The molecule has 1 aliphatic carbocycles. The number of nitrogens with zero attached hydrogens (tertiary/aromatic N) is 1. The highest BCUT2D eigenvalue weighted by Gasteiger charge is 2.40. The summed E-state index contributed by atoms with van der Waals surface area (Å²) >= 11 is 0. The largest absolute Gasteiger partial charge is 0.336 e. The van der Waals surface area contributed by atoms with Gasteiger partial charge in [0.1, 0.15) is 0 Å². The van der Waals surface area contributed by atoms with Crippen molar-refractivity contribution in [3.05, 3.63) is 35.4 Å². The number of carbonyl (C=O) groups excluding carboxylic acids is 3. The molecule has 0 saturated heterocycles. The predicted molar refractivity (Wildman–Crippen MR) is 78.7 cm³/mol. The second kappa shape index (κ2) is 5.55. The van der Waals surface area contributed by atoms with Gasteiger partial charge in [0.2, 0.25) is 0 Å². The molecule has 5 heteroatoms. The lowest BCUT2D eigenvalue weighted by atomic mass is 9.77. The molecule has 1 fully saturated rings. The van der Waals surface area contributed by atoms with Crippen molar-refractivity contribution in [3.63, 3.8) is 0 Å². The molecule has 116 valence electrons. The number of benzene rings is 1. The summed E-state index contributed by atoms with van der Waals surface area (Å²) in [6.45, 7) is 4.22. The molecule has 1 heterocycles. The first-order valence-corrected chi connectivity index (χ1v) is 7.67. The molecule has 2 aliphatic rings. The third kappa shape index (κ3) is 2.51. The van der Waals surface area contributed by atoms with Gasteiger partial charge in [0.25, 0.3) is 11.8 Å². The maximum atomic E-state index is 12.3. The summed E-state index contributed by atoms with van der Waals surface area (Å²) < 4.78 is 0. The molecule has 3 atom stereocenters. The Kier molecular flexibility index (Phi) is 3.72. The fourth-order valence-corrected chi connectivity index (χ4v) is 3.55. The summed E-state index contributed by atoms with van der Waals surface area (Å²) in [5.74, 6) is -0.959. The average molecular weight is 301 g/mol. The number of imide groups is 1. The van der Waals surface area contributed by atoms with Crippen LogP contribution >= 0.6 is 0 Å². The van der Waals surface area contributed by atoms with Gasteiger partial charge in [-0.3, -0.25) is 9.59 Å². The van der Waals surface area contributed by atoms with Crippen molar-refractivity contribution < 1.29 is 19.2 Å². The van der Waals surface area contributed by atoms with E-state index in [4.69, 9.17) is 4.84 Å². The SMILES string of the molecule is C[C@@H]1CC(C(=O)ON2C(=O)c3ccccc3C2=O)C[C@H](C)C1. The fourth-order valence-electron chi connectivity index (χ4n) is 3.55. The van der Waals surface area contributed by atoms with E-state index >= 15 is 0 Å². The molecular formula is C17H19NO4. The third-order valence-corrected chi connectivity index (χ3v) is 4.45.